The second kappa shape index (κ2) is 10.3. The van der Waals surface area contributed by atoms with Gasteiger partial charge in [0.25, 0.3) is 0 Å². The first kappa shape index (κ1) is 25.1. The number of carbonyl (C=O) groups is 1. The Kier molecular flexibility index (Phi) is 7.37. The Labute approximate surface area is 210 Å². The molecule has 1 aliphatic rings. The Bertz CT molecular complexity index is 1200. The molecule has 1 aliphatic heterocycles. The largest absolute Gasteiger partial charge is 0.495 e. The van der Waals surface area contributed by atoms with Gasteiger partial charge in [0.05, 0.1) is 24.4 Å². The Morgan fingerprint density at radius 3 is 2.66 bits per heavy atom. The second-order valence-electron chi connectivity index (χ2n) is 9.73. The van der Waals surface area contributed by atoms with E-state index in [0.29, 0.717) is 40.3 Å². The summed E-state index contributed by atoms with van der Waals surface area (Å²) in [6, 6.07) is 5.46. The molecule has 35 heavy (non-hydrogen) atoms. The molecule has 1 fully saturated rings. The number of carbonyl (C=O) groups excluding carboxylic acids is 1. The van der Waals surface area contributed by atoms with Crippen molar-refractivity contribution in [3.8, 4) is 17.0 Å². The van der Waals surface area contributed by atoms with Gasteiger partial charge in [0.1, 0.15) is 17.2 Å². The van der Waals surface area contributed by atoms with E-state index in [1.807, 2.05) is 43.6 Å². The van der Waals surface area contributed by atoms with Crippen molar-refractivity contribution in [1.29, 1.82) is 0 Å². The van der Waals surface area contributed by atoms with Crippen LogP contribution in [-0.4, -0.2) is 57.9 Å². The molecule has 10 heteroatoms. The molecule has 9 nitrogen and oxygen atoms in total. The van der Waals surface area contributed by atoms with Crippen molar-refractivity contribution in [1.82, 2.24) is 19.7 Å². The number of imidazole rings is 1. The second-order valence-corrected chi connectivity index (χ2v) is 10.1. The quantitative estimate of drug-likeness (QED) is 0.519. The van der Waals surface area contributed by atoms with Crippen LogP contribution in [0.2, 0.25) is 5.02 Å². The maximum Gasteiger partial charge on any atom is 0.407 e. The van der Waals surface area contributed by atoms with E-state index in [0.717, 1.165) is 37.3 Å². The van der Waals surface area contributed by atoms with E-state index in [4.69, 9.17) is 26.1 Å². The van der Waals surface area contributed by atoms with Crippen LogP contribution in [0.1, 0.15) is 39.2 Å². The predicted octanol–water partition coefficient (Wildman–Crippen LogP) is 4.29. The van der Waals surface area contributed by atoms with Crippen LogP contribution in [0, 0.1) is 5.92 Å². The third-order valence-electron chi connectivity index (χ3n) is 6.01. The summed E-state index contributed by atoms with van der Waals surface area (Å²) in [6.07, 6.45) is 5.34. The molecule has 1 amide bonds. The SMILES string of the molecule is COc1cc(CO)c(-c2cn3ccc(N4CCC(CNC(=O)OC(C)(C)C)CC4)nc3n2)cc1Cl. The molecular formula is C25H32ClN5O4. The first-order valence-electron chi connectivity index (χ1n) is 11.7. The van der Waals surface area contributed by atoms with Crippen LogP contribution in [0.25, 0.3) is 17.0 Å². The van der Waals surface area contributed by atoms with E-state index < -0.39 is 5.60 Å². The van der Waals surface area contributed by atoms with Crippen molar-refractivity contribution in [2.75, 3.05) is 31.6 Å². The molecule has 188 valence electrons. The van der Waals surface area contributed by atoms with Gasteiger partial charge in [-0.2, -0.15) is 4.98 Å². The summed E-state index contributed by atoms with van der Waals surface area (Å²) in [5.74, 6) is 2.34. The Hall–Kier alpha value is -3.04. The summed E-state index contributed by atoms with van der Waals surface area (Å²) in [5, 5.41) is 13.2. The highest BCUT2D eigenvalue weighted by Crippen LogP contribution is 2.34. The number of ether oxygens (including phenoxy) is 2. The van der Waals surface area contributed by atoms with Crippen LogP contribution in [-0.2, 0) is 11.3 Å². The maximum absolute atomic E-state index is 11.9. The van der Waals surface area contributed by atoms with E-state index in [9.17, 15) is 9.90 Å². The summed E-state index contributed by atoms with van der Waals surface area (Å²) in [6.45, 7) is 7.71. The van der Waals surface area contributed by atoms with Gasteiger partial charge in [-0.05, 0) is 63.3 Å². The van der Waals surface area contributed by atoms with Gasteiger partial charge in [-0.25, -0.2) is 9.78 Å². The van der Waals surface area contributed by atoms with Crippen molar-refractivity contribution in [3.05, 3.63) is 41.2 Å². The van der Waals surface area contributed by atoms with Gasteiger partial charge in [0.2, 0.25) is 5.78 Å². The lowest BCUT2D eigenvalue weighted by Gasteiger charge is -2.33. The van der Waals surface area contributed by atoms with E-state index in [1.165, 1.54) is 0 Å². The number of piperidine rings is 1. The number of aliphatic hydroxyl groups is 1. The number of aliphatic hydroxyl groups excluding tert-OH is 1. The molecule has 0 bridgehead atoms. The fraction of sp³-hybridized carbons (Fsp3) is 0.480. The van der Waals surface area contributed by atoms with E-state index in [-0.39, 0.29) is 12.7 Å². The van der Waals surface area contributed by atoms with Gasteiger partial charge in [-0.15, -0.1) is 0 Å². The summed E-state index contributed by atoms with van der Waals surface area (Å²) >= 11 is 6.32. The molecule has 0 spiro atoms. The minimum Gasteiger partial charge on any atom is -0.495 e. The highest BCUT2D eigenvalue weighted by molar-refractivity contribution is 6.32. The molecule has 2 aromatic heterocycles. The van der Waals surface area contributed by atoms with Crippen LogP contribution in [0.15, 0.2) is 30.6 Å². The molecule has 0 saturated carbocycles. The summed E-state index contributed by atoms with van der Waals surface area (Å²) in [7, 11) is 1.54. The average Bonchev–Trinajstić information content (AvgIpc) is 3.25. The zero-order valence-electron chi connectivity index (χ0n) is 20.5. The number of fused-ring (bicyclic) bond motifs is 1. The monoisotopic (exact) mass is 501 g/mol. The van der Waals surface area contributed by atoms with Crippen molar-refractivity contribution >= 4 is 29.3 Å². The Balaban J connectivity index is 1.43. The van der Waals surface area contributed by atoms with Crippen molar-refractivity contribution in [3.63, 3.8) is 0 Å². The topological polar surface area (TPSA) is 101 Å². The number of hydrogen-bond acceptors (Lipinski definition) is 7. The van der Waals surface area contributed by atoms with Crippen molar-refractivity contribution in [2.24, 2.45) is 5.92 Å². The lowest BCUT2D eigenvalue weighted by molar-refractivity contribution is 0.0516. The van der Waals surface area contributed by atoms with E-state index in [2.05, 4.69) is 15.2 Å². The third-order valence-corrected chi connectivity index (χ3v) is 6.30. The highest BCUT2D eigenvalue weighted by atomic mass is 35.5. The standard InChI is InChI=1S/C25H32ClN5O4/c1-25(2,3)35-24(33)27-13-16-5-8-30(9-6-16)22-7-10-31-14-20(28-23(31)29-22)18-12-19(26)21(34-4)11-17(18)15-32/h7,10-12,14,16,32H,5-6,8-9,13,15H2,1-4H3,(H,27,33). The molecule has 0 aliphatic carbocycles. The summed E-state index contributed by atoms with van der Waals surface area (Å²) < 4.78 is 12.4. The molecular weight excluding hydrogens is 470 g/mol. The number of benzene rings is 1. The number of methoxy groups -OCH3 is 1. The number of nitrogens with zero attached hydrogens (tertiary/aromatic N) is 4. The van der Waals surface area contributed by atoms with Crippen LogP contribution in [0.5, 0.6) is 5.75 Å². The fourth-order valence-corrected chi connectivity index (χ4v) is 4.44. The molecule has 1 saturated heterocycles. The molecule has 2 N–H and O–H groups in total. The zero-order chi connectivity index (χ0) is 25.2. The number of aromatic nitrogens is 3. The van der Waals surface area contributed by atoms with Crippen LogP contribution in [0.3, 0.4) is 0 Å². The molecule has 0 unspecified atom stereocenters. The van der Waals surface area contributed by atoms with Gasteiger partial charge >= 0.3 is 6.09 Å². The number of nitrogens with one attached hydrogen (secondary N) is 1. The van der Waals surface area contributed by atoms with Crippen LogP contribution >= 0.6 is 11.6 Å². The first-order chi connectivity index (χ1) is 16.7. The predicted molar refractivity (Wildman–Crippen MR) is 135 cm³/mol. The normalized spacial score (nSPS) is 14.9. The van der Waals surface area contributed by atoms with E-state index >= 15 is 0 Å². The van der Waals surface area contributed by atoms with Crippen LogP contribution < -0.4 is 15.0 Å². The van der Waals surface area contributed by atoms with Gasteiger partial charge in [0, 0.05) is 37.6 Å². The van der Waals surface area contributed by atoms with Crippen LogP contribution in [0.4, 0.5) is 10.6 Å². The number of rotatable bonds is 6. The maximum atomic E-state index is 11.9. The molecule has 3 aromatic rings. The van der Waals surface area contributed by atoms with Gasteiger partial charge in [-0.1, -0.05) is 11.6 Å². The van der Waals surface area contributed by atoms with E-state index in [1.54, 1.807) is 19.2 Å². The summed E-state index contributed by atoms with van der Waals surface area (Å²) in [4.78, 5) is 23.6. The summed E-state index contributed by atoms with van der Waals surface area (Å²) in [5.41, 5.74) is 1.60. The molecule has 3 heterocycles. The number of hydrogen-bond donors (Lipinski definition) is 2. The lowest BCUT2D eigenvalue weighted by Crippen LogP contribution is -2.40. The van der Waals surface area contributed by atoms with Gasteiger partial charge < -0.3 is 24.8 Å². The molecule has 4 rings (SSSR count). The Morgan fingerprint density at radius 2 is 2.00 bits per heavy atom. The molecule has 0 atom stereocenters. The van der Waals surface area contributed by atoms with Gasteiger partial charge in [-0.3, -0.25) is 4.40 Å². The minimum absolute atomic E-state index is 0.160. The number of alkyl carbamates (subject to hydrolysis) is 1. The zero-order valence-corrected chi connectivity index (χ0v) is 21.3. The molecule has 1 aromatic carbocycles. The highest BCUT2D eigenvalue weighted by Gasteiger charge is 2.23. The number of halogens is 1. The minimum atomic E-state index is -0.496. The first-order valence-corrected chi connectivity index (χ1v) is 12.1. The lowest BCUT2D eigenvalue weighted by atomic mass is 9.97. The van der Waals surface area contributed by atoms with Gasteiger partial charge in [0.15, 0.2) is 0 Å². The number of amides is 1. The number of anilines is 1. The Morgan fingerprint density at radius 1 is 1.26 bits per heavy atom. The average molecular weight is 502 g/mol. The fourth-order valence-electron chi connectivity index (χ4n) is 4.20. The van der Waals surface area contributed by atoms with Crippen molar-refractivity contribution in [2.45, 2.75) is 45.8 Å². The third kappa shape index (κ3) is 5.97. The smallest absolute Gasteiger partial charge is 0.407 e. The van der Waals surface area contributed by atoms with Crippen molar-refractivity contribution < 1.29 is 19.4 Å². The molecule has 0 radical (unpaired) electrons.